The Bertz CT molecular complexity index is 810. The monoisotopic (exact) mass is 446 g/mol. The average Bonchev–Trinajstić information content (AvgIpc) is 3.27. The zero-order valence-electron chi connectivity index (χ0n) is 19.0. The normalized spacial score (nSPS) is 15.1. The molecule has 5 nitrogen and oxygen atoms in total. The van der Waals surface area contributed by atoms with E-state index in [1.165, 1.54) is 24.0 Å². The fourth-order valence-electron chi connectivity index (χ4n) is 3.80. The average molecular weight is 447 g/mol. The Balaban J connectivity index is 0.00000341. The lowest BCUT2D eigenvalue weighted by Gasteiger charge is -2.28. The summed E-state index contributed by atoms with van der Waals surface area (Å²) in [6.07, 6.45) is 2.41. The van der Waals surface area contributed by atoms with E-state index in [1.54, 1.807) is 7.11 Å². The lowest BCUT2D eigenvalue weighted by molar-refractivity contribution is -0.123. The fraction of sp³-hybridized carbons (Fsp3) is 0.480. The van der Waals surface area contributed by atoms with Crippen molar-refractivity contribution in [2.75, 3.05) is 33.4 Å². The maximum absolute atomic E-state index is 12.4. The first-order chi connectivity index (χ1) is 14.4. The zero-order valence-corrected chi connectivity index (χ0v) is 19.8. The minimum Gasteiger partial charge on any atom is -0.497 e. The molecule has 0 aliphatic carbocycles. The molecule has 0 bridgehead atoms. The standard InChI is InChI=1S/C25H34N2O3.ClH/c1-25(2,3)20-9-13-22(14-10-20)30-18-24(28)26-17-23(27-15-5-6-16-27)19-7-11-21(29-4)12-8-19;/h7-14,23H,5-6,15-18H2,1-4H3,(H,26,28);1H. The number of methoxy groups -OCH3 is 1. The summed E-state index contributed by atoms with van der Waals surface area (Å²) in [4.78, 5) is 14.9. The maximum Gasteiger partial charge on any atom is 0.258 e. The first-order valence-corrected chi connectivity index (χ1v) is 10.7. The van der Waals surface area contributed by atoms with Gasteiger partial charge in [0.1, 0.15) is 11.5 Å². The minimum absolute atomic E-state index is 0. The van der Waals surface area contributed by atoms with E-state index in [0.29, 0.717) is 12.3 Å². The molecule has 0 saturated carbocycles. The van der Waals surface area contributed by atoms with E-state index in [1.807, 2.05) is 24.3 Å². The molecule has 1 unspecified atom stereocenters. The molecule has 2 aromatic carbocycles. The highest BCUT2D eigenvalue weighted by molar-refractivity contribution is 5.85. The number of amides is 1. The quantitative estimate of drug-likeness (QED) is 0.635. The molecule has 170 valence electrons. The number of nitrogens with one attached hydrogen (secondary N) is 1. The lowest BCUT2D eigenvalue weighted by atomic mass is 9.87. The van der Waals surface area contributed by atoms with Crippen molar-refractivity contribution in [3.05, 3.63) is 59.7 Å². The second-order valence-corrected chi connectivity index (χ2v) is 8.90. The second kappa shape index (κ2) is 11.4. The topological polar surface area (TPSA) is 50.8 Å². The first kappa shape index (κ1) is 25.0. The van der Waals surface area contributed by atoms with Gasteiger partial charge in [-0.3, -0.25) is 9.69 Å². The smallest absolute Gasteiger partial charge is 0.258 e. The highest BCUT2D eigenvalue weighted by atomic mass is 35.5. The van der Waals surface area contributed by atoms with Crippen molar-refractivity contribution in [3.8, 4) is 11.5 Å². The number of carbonyl (C=O) groups excluding carboxylic acids is 1. The van der Waals surface area contributed by atoms with Crippen molar-refractivity contribution in [2.45, 2.75) is 45.1 Å². The SMILES string of the molecule is COc1ccc(C(CNC(=O)COc2ccc(C(C)(C)C)cc2)N2CCCC2)cc1.Cl. The molecule has 1 atom stereocenters. The van der Waals surface area contributed by atoms with Crippen molar-refractivity contribution in [1.29, 1.82) is 0 Å². The summed E-state index contributed by atoms with van der Waals surface area (Å²) >= 11 is 0. The Kier molecular flexibility index (Phi) is 9.20. The predicted molar refractivity (Wildman–Crippen MR) is 127 cm³/mol. The van der Waals surface area contributed by atoms with Gasteiger partial charge in [-0.15, -0.1) is 12.4 Å². The fourth-order valence-corrected chi connectivity index (χ4v) is 3.80. The lowest BCUT2D eigenvalue weighted by Crippen LogP contribution is -2.38. The van der Waals surface area contributed by atoms with Crippen LogP contribution in [-0.4, -0.2) is 44.2 Å². The van der Waals surface area contributed by atoms with Crippen LogP contribution < -0.4 is 14.8 Å². The summed E-state index contributed by atoms with van der Waals surface area (Å²) in [5.41, 5.74) is 2.53. The third kappa shape index (κ3) is 7.15. The van der Waals surface area contributed by atoms with Crippen molar-refractivity contribution >= 4 is 18.3 Å². The van der Waals surface area contributed by atoms with Crippen LogP contribution in [0.2, 0.25) is 0 Å². The molecular weight excluding hydrogens is 412 g/mol. The molecule has 0 aromatic heterocycles. The minimum atomic E-state index is -0.104. The number of hydrogen-bond donors (Lipinski definition) is 1. The maximum atomic E-state index is 12.4. The summed E-state index contributed by atoms with van der Waals surface area (Å²) < 4.78 is 11.0. The van der Waals surface area contributed by atoms with Gasteiger partial charge < -0.3 is 14.8 Å². The Morgan fingerprint density at radius 1 is 1.00 bits per heavy atom. The molecule has 1 heterocycles. The number of benzene rings is 2. The van der Waals surface area contributed by atoms with E-state index in [4.69, 9.17) is 9.47 Å². The molecule has 2 aromatic rings. The molecule has 6 heteroatoms. The first-order valence-electron chi connectivity index (χ1n) is 10.7. The Labute approximate surface area is 192 Å². The van der Waals surface area contributed by atoms with Gasteiger partial charge in [-0.05, 0) is 66.7 Å². The van der Waals surface area contributed by atoms with Crippen LogP contribution in [0.1, 0.15) is 50.8 Å². The highest BCUT2D eigenvalue weighted by Gasteiger charge is 2.24. The molecule has 0 radical (unpaired) electrons. The van der Waals surface area contributed by atoms with Gasteiger partial charge in [0.15, 0.2) is 6.61 Å². The van der Waals surface area contributed by atoms with Gasteiger partial charge in [-0.2, -0.15) is 0 Å². The van der Waals surface area contributed by atoms with Crippen LogP contribution in [0.25, 0.3) is 0 Å². The molecule has 1 amide bonds. The Hall–Kier alpha value is -2.24. The van der Waals surface area contributed by atoms with E-state index in [9.17, 15) is 4.79 Å². The second-order valence-electron chi connectivity index (χ2n) is 8.90. The van der Waals surface area contributed by atoms with Gasteiger partial charge in [0.05, 0.1) is 13.2 Å². The summed E-state index contributed by atoms with van der Waals surface area (Å²) in [6.45, 7) is 9.23. The van der Waals surface area contributed by atoms with Gasteiger partial charge in [0.25, 0.3) is 5.91 Å². The number of carbonyl (C=O) groups is 1. The van der Waals surface area contributed by atoms with Gasteiger partial charge in [-0.25, -0.2) is 0 Å². The molecular formula is C25H35ClN2O3. The van der Waals surface area contributed by atoms with E-state index in [2.05, 4.69) is 55.3 Å². The van der Waals surface area contributed by atoms with Crippen molar-refractivity contribution in [3.63, 3.8) is 0 Å². The number of hydrogen-bond acceptors (Lipinski definition) is 4. The van der Waals surface area contributed by atoms with Gasteiger partial charge in [-0.1, -0.05) is 45.0 Å². The summed E-state index contributed by atoms with van der Waals surface area (Å²) in [5, 5.41) is 3.06. The van der Waals surface area contributed by atoms with Crippen LogP contribution in [0.5, 0.6) is 11.5 Å². The number of likely N-dealkylation sites (tertiary alicyclic amines) is 1. The van der Waals surface area contributed by atoms with Gasteiger partial charge >= 0.3 is 0 Å². The summed E-state index contributed by atoms with van der Waals surface area (Å²) in [6, 6.07) is 16.3. The number of halogens is 1. The van der Waals surface area contributed by atoms with Gasteiger partial charge in [0.2, 0.25) is 0 Å². The number of nitrogens with zero attached hydrogens (tertiary/aromatic N) is 1. The molecule has 1 fully saturated rings. The summed E-state index contributed by atoms with van der Waals surface area (Å²) in [5.74, 6) is 1.45. The molecule has 1 N–H and O–H groups in total. The van der Waals surface area contributed by atoms with Crippen molar-refractivity contribution in [2.24, 2.45) is 0 Å². The molecule has 31 heavy (non-hydrogen) atoms. The van der Waals surface area contributed by atoms with Crippen LogP contribution in [-0.2, 0) is 10.2 Å². The van der Waals surface area contributed by atoms with Crippen molar-refractivity contribution in [1.82, 2.24) is 10.2 Å². The third-order valence-corrected chi connectivity index (χ3v) is 5.66. The zero-order chi connectivity index (χ0) is 21.6. The molecule has 1 aliphatic heterocycles. The van der Waals surface area contributed by atoms with E-state index in [0.717, 1.165) is 18.8 Å². The van der Waals surface area contributed by atoms with E-state index >= 15 is 0 Å². The largest absolute Gasteiger partial charge is 0.497 e. The van der Waals surface area contributed by atoms with Crippen molar-refractivity contribution < 1.29 is 14.3 Å². The van der Waals surface area contributed by atoms with Gasteiger partial charge in [0, 0.05) is 6.54 Å². The molecule has 3 rings (SSSR count). The Morgan fingerprint density at radius 2 is 1.58 bits per heavy atom. The summed E-state index contributed by atoms with van der Waals surface area (Å²) in [7, 11) is 1.67. The van der Waals surface area contributed by atoms with Crippen LogP contribution in [0.15, 0.2) is 48.5 Å². The third-order valence-electron chi connectivity index (χ3n) is 5.66. The van der Waals surface area contributed by atoms with Crippen LogP contribution in [0, 0.1) is 0 Å². The highest BCUT2D eigenvalue weighted by Crippen LogP contribution is 2.26. The van der Waals surface area contributed by atoms with Crippen LogP contribution in [0.4, 0.5) is 0 Å². The number of rotatable bonds is 8. The molecule has 1 saturated heterocycles. The molecule has 1 aliphatic rings. The Morgan fingerprint density at radius 3 is 2.13 bits per heavy atom. The van der Waals surface area contributed by atoms with E-state index < -0.39 is 0 Å². The van der Waals surface area contributed by atoms with Crippen LogP contribution in [0.3, 0.4) is 0 Å². The number of ether oxygens (including phenoxy) is 2. The van der Waals surface area contributed by atoms with E-state index in [-0.39, 0.29) is 36.4 Å². The van der Waals surface area contributed by atoms with Crippen LogP contribution >= 0.6 is 12.4 Å². The molecule has 0 spiro atoms. The predicted octanol–water partition coefficient (Wildman–Crippen LogP) is 4.75.